The molecule has 0 spiro atoms. The molecule has 1 unspecified atom stereocenters. The summed E-state index contributed by atoms with van der Waals surface area (Å²) in [7, 11) is -4.12. The number of phosphoric ester groups is 1. The Morgan fingerprint density at radius 2 is 1.69 bits per heavy atom. The number of hydrogen-bond acceptors (Lipinski definition) is 5. The van der Waals surface area contributed by atoms with E-state index in [1.165, 1.54) is 0 Å². The van der Waals surface area contributed by atoms with Crippen molar-refractivity contribution in [2.24, 2.45) is 0 Å². The Morgan fingerprint density at radius 3 is 2.19 bits per heavy atom. The van der Waals surface area contributed by atoms with Crippen LogP contribution in [0.2, 0.25) is 22.3 Å². The molecule has 7 heteroatoms. The molecular weight excluding hydrogens is 294 g/mol. The Kier molecular flexibility index (Phi) is 8.17. The molecule has 1 atom stereocenters. The molecule has 0 heterocycles. The molecule has 0 aromatic carbocycles. The Bertz CT molecular complexity index is 228. The van der Waals surface area contributed by atoms with Crippen molar-refractivity contribution in [2.45, 2.75) is 29.3 Å². The van der Waals surface area contributed by atoms with Gasteiger partial charge in [-0.1, -0.05) is 0 Å². The van der Waals surface area contributed by atoms with E-state index in [2.05, 4.69) is 21.7 Å². The fourth-order valence-electron chi connectivity index (χ4n) is 0.816. The summed E-state index contributed by atoms with van der Waals surface area (Å²) in [6.45, 7) is 2.89. The van der Waals surface area contributed by atoms with E-state index in [0.717, 1.165) is 5.21 Å². The standard InChI is InChI=1S/C9H22AsO5P/c1-5-13-8-9-15-16(11,12)14-7-6-10(2,3)4/h5-9H2,1-4H3. The third kappa shape index (κ3) is 11.1. The fourth-order valence-corrected chi connectivity index (χ4v) is 3.16. The molecule has 0 saturated heterocycles. The minimum absolute atomic E-state index is 0.0181. The van der Waals surface area contributed by atoms with Crippen molar-refractivity contribution in [1.29, 1.82) is 0 Å². The van der Waals surface area contributed by atoms with E-state index in [1.54, 1.807) is 0 Å². The quantitative estimate of drug-likeness (QED) is 0.369. The molecule has 0 N–H and O–H groups in total. The van der Waals surface area contributed by atoms with E-state index in [9.17, 15) is 9.46 Å². The van der Waals surface area contributed by atoms with Gasteiger partial charge in [0.1, 0.15) is 0 Å². The maximum atomic E-state index is 11.2. The van der Waals surface area contributed by atoms with Crippen LogP contribution in [0.25, 0.3) is 0 Å². The predicted octanol–water partition coefficient (Wildman–Crippen LogP) is 1.86. The molecule has 0 amide bonds. The second kappa shape index (κ2) is 7.86. The summed E-state index contributed by atoms with van der Waals surface area (Å²) < 4.78 is 25.6. The van der Waals surface area contributed by atoms with Crippen LogP contribution in [-0.2, 0) is 18.3 Å². The van der Waals surface area contributed by atoms with Crippen LogP contribution in [-0.4, -0.2) is 40.0 Å². The van der Waals surface area contributed by atoms with Crippen molar-refractivity contribution in [3.8, 4) is 0 Å². The third-order valence-electron chi connectivity index (χ3n) is 1.69. The van der Waals surface area contributed by atoms with Crippen molar-refractivity contribution < 1.29 is 23.2 Å². The number of phosphoric acid groups is 1. The first-order valence-electron chi connectivity index (χ1n) is 5.25. The van der Waals surface area contributed by atoms with E-state index in [-0.39, 0.29) is 19.8 Å². The van der Waals surface area contributed by atoms with Crippen LogP contribution in [0.15, 0.2) is 0 Å². The van der Waals surface area contributed by atoms with Gasteiger partial charge < -0.3 is 0 Å². The van der Waals surface area contributed by atoms with Crippen molar-refractivity contribution >= 4 is 21.4 Å². The third-order valence-corrected chi connectivity index (χ3v) is 5.89. The van der Waals surface area contributed by atoms with E-state index in [1.807, 2.05) is 6.92 Å². The molecule has 0 aromatic rings. The summed E-state index contributed by atoms with van der Waals surface area (Å²) in [6, 6.07) is 0. The second-order valence-corrected chi connectivity index (χ2v) is 16.3. The van der Waals surface area contributed by atoms with Gasteiger partial charge in [0.2, 0.25) is 0 Å². The Balaban J connectivity index is 3.66. The van der Waals surface area contributed by atoms with Gasteiger partial charge in [-0.3, -0.25) is 0 Å². The van der Waals surface area contributed by atoms with Gasteiger partial charge in [-0.2, -0.15) is 0 Å². The summed E-state index contributed by atoms with van der Waals surface area (Å²) in [5, 5.41) is 0.833. The zero-order valence-electron chi connectivity index (χ0n) is 10.5. The van der Waals surface area contributed by atoms with Crippen LogP contribution < -0.4 is 4.89 Å². The predicted molar refractivity (Wildman–Crippen MR) is 64.2 cm³/mol. The first-order chi connectivity index (χ1) is 7.27. The average Bonchev–Trinajstić information content (AvgIpc) is 2.10. The molecule has 0 aromatic heterocycles. The first kappa shape index (κ1) is 16.6. The fraction of sp³-hybridized carbons (Fsp3) is 1.00. The Hall–Kier alpha value is 0.628. The molecular formula is C9H22AsO5P. The summed E-state index contributed by atoms with van der Waals surface area (Å²) in [6.07, 6.45) is 0. The Morgan fingerprint density at radius 1 is 1.12 bits per heavy atom. The van der Waals surface area contributed by atoms with Crippen LogP contribution in [0.3, 0.4) is 0 Å². The monoisotopic (exact) mass is 316 g/mol. The van der Waals surface area contributed by atoms with Crippen LogP contribution >= 0.6 is 7.82 Å². The summed E-state index contributed by atoms with van der Waals surface area (Å²) in [4.78, 5) is 11.2. The van der Waals surface area contributed by atoms with Gasteiger partial charge >= 0.3 is 100 Å². The molecule has 0 aliphatic carbocycles. The second-order valence-electron chi connectivity index (χ2n) is 4.32. The van der Waals surface area contributed by atoms with E-state index in [0.29, 0.717) is 6.61 Å². The van der Waals surface area contributed by atoms with Crippen LogP contribution in [0.1, 0.15) is 6.92 Å². The van der Waals surface area contributed by atoms with Crippen molar-refractivity contribution in [3.05, 3.63) is 0 Å². The SMILES string of the molecule is CCOCCOP(=O)([O-])OCC[As+](C)(C)C. The van der Waals surface area contributed by atoms with Gasteiger partial charge in [0, 0.05) is 0 Å². The summed E-state index contributed by atoms with van der Waals surface area (Å²) >= 11 is -1.58. The van der Waals surface area contributed by atoms with Crippen LogP contribution in [0.4, 0.5) is 0 Å². The van der Waals surface area contributed by atoms with Gasteiger partial charge in [0.25, 0.3) is 0 Å². The van der Waals surface area contributed by atoms with Gasteiger partial charge in [-0.25, -0.2) is 0 Å². The number of hydrogen-bond donors (Lipinski definition) is 0. The summed E-state index contributed by atoms with van der Waals surface area (Å²) in [5.41, 5.74) is 6.56. The van der Waals surface area contributed by atoms with Crippen LogP contribution in [0, 0.1) is 0 Å². The van der Waals surface area contributed by atoms with Crippen molar-refractivity contribution in [3.63, 3.8) is 0 Å². The molecule has 0 radical (unpaired) electrons. The van der Waals surface area contributed by atoms with Gasteiger partial charge in [0.05, 0.1) is 0 Å². The zero-order valence-corrected chi connectivity index (χ0v) is 13.2. The van der Waals surface area contributed by atoms with E-state index >= 15 is 0 Å². The molecule has 0 rings (SSSR count). The molecule has 0 bridgehead atoms. The molecule has 5 nitrogen and oxygen atoms in total. The maximum absolute atomic E-state index is 11.2. The topological polar surface area (TPSA) is 67.8 Å². The van der Waals surface area contributed by atoms with Gasteiger partial charge in [-0.05, 0) is 0 Å². The molecule has 0 saturated carbocycles. The van der Waals surface area contributed by atoms with Crippen LogP contribution in [0.5, 0.6) is 0 Å². The molecule has 16 heavy (non-hydrogen) atoms. The molecule has 0 fully saturated rings. The van der Waals surface area contributed by atoms with Crippen molar-refractivity contribution in [1.82, 2.24) is 0 Å². The Labute approximate surface area is 101 Å². The number of rotatable bonds is 9. The first-order valence-corrected chi connectivity index (χ1v) is 13.7. The van der Waals surface area contributed by atoms with Gasteiger partial charge in [0.15, 0.2) is 0 Å². The van der Waals surface area contributed by atoms with Crippen molar-refractivity contribution in [2.75, 3.05) is 26.4 Å². The minimum atomic E-state index is -4.12. The van der Waals surface area contributed by atoms with E-state index in [4.69, 9.17) is 9.26 Å². The molecule has 0 aliphatic heterocycles. The molecule has 98 valence electrons. The zero-order chi connectivity index (χ0) is 12.7. The number of ether oxygens (including phenoxy) is 1. The summed E-state index contributed by atoms with van der Waals surface area (Å²) in [5.74, 6) is 0. The molecule has 0 aliphatic rings. The normalized spacial score (nSPS) is 16.1. The average molecular weight is 316 g/mol. The van der Waals surface area contributed by atoms with E-state index < -0.39 is 21.4 Å². The van der Waals surface area contributed by atoms with Gasteiger partial charge in [-0.15, -0.1) is 0 Å².